The van der Waals surface area contributed by atoms with Gasteiger partial charge in [0.15, 0.2) is 0 Å². The second-order valence-electron chi connectivity index (χ2n) is 5.35. The van der Waals surface area contributed by atoms with E-state index in [1.165, 1.54) is 12.1 Å². The van der Waals surface area contributed by atoms with Crippen LogP contribution >= 0.6 is 0 Å². The number of hydrogen-bond acceptors (Lipinski definition) is 3. The number of benzene rings is 1. The van der Waals surface area contributed by atoms with Gasteiger partial charge in [-0.15, -0.1) is 0 Å². The van der Waals surface area contributed by atoms with Gasteiger partial charge in [-0.05, 0) is 62.4 Å². The van der Waals surface area contributed by atoms with Crippen LogP contribution < -0.4 is 15.8 Å². The highest BCUT2D eigenvalue weighted by Gasteiger charge is 2.25. The molecule has 0 aromatic heterocycles. The van der Waals surface area contributed by atoms with Gasteiger partial charge in [0.2, 0.25) is 5.91 Å². The number of anilines is 1. The molecule has 1 aliphatic carbocycles. The lowest BCUT2D eigenvalue weighted by Gasteiger charge is -2.26. The number of amides is 1. The zero-order chi connectivity index (χ0) is 15.2. The summed E-state index contributed by atoms with van der Waals surface area (Å²) in [4.78, 5) is 12.1. The molecule has 1 amide bonds. The normalized spacial score (nSPS) is 22.1. The summed E-state index contributed by atoms with van der Waals surface area (Å²) in [5.74, 6) is 0.587. The van der Waals surface area contributed by atoms with Crippen molar-refractivity contribution in [3.8, 4) is 5.75 Å². The Morgan fingerprint density at radius 3 is 2.38 bits per heavy atom. The first kappa shape index (κ1) is 15.7. The molecule has 0 saturated heterocycles. The highest BCUT2D eigenvalue weighted by Crippen LogP contribution is 2.29. The van der Waals surface area contributed by atoms with Crippen LogP contribution in [0, 0.1) is 11.8 Å². The number of nitrogens with two attached hydrogens (primary N) is 1. The van der Waals surface area contributed by atoms with Crippen LogP contribution in [-0.2, 0) is 4.79 Å². The van der Waals surface area contributed by atoms with Crippen LogP contribution in [0.4, 0.5) is 14.5 Å². The quantitative estimate of drug-likeness (QED) is 0.878. The third-order valence-corrected chi connectivity index (χ3v) is 3.90. The van der Waals surface area contributed by atoms with Gasteiger partial charge in [-0.25, -0.2) is 0 Å². The summed E-state index contributed by atoms with van der Waals surface area (Å²) < 4.78 is 28.3. The molecule has 116 valence electrons. The first-order valence-corrected chi connectivity index (χ1v) is 7.14. The Bertz CT molecular complexity index is 457. The number of ether oxygens (including phenoxy) is 1. The van der Waals surface area contributed by atoms with Crippen LogP contribution in [0.3, 0.4) is 0 Å². The minimum atomic E-state index is -2.84. The van der Waals surface area contributed by atoms with Crippen molar-refractivity contribution in [3.05, 3.63) is 24.3 Å². The lowest BCUT2D eigenvalue weighted by Crippen LogP contribution is -2.29. The Kier molecular flexibility index (Phi) is 5.50. The molecule has 4 nitrogen and oxygen atoms in total. The number of rotatable bonds is 5. The number of halogens is 2. The van der Waals surface area contributed by atoms with Gasteiger partial charge in [0, 0.05) is 11.6 Å². The highest BCUT2D eigenvalue weighted by atomic mass is 19.3. The molecule has 0 spiro atoms. The van der Waals surface area contributed by atoms with E-state index in [-0.39, 0.29) is 17.6 Å². The molecule has 21 heavy (non-hydrogen) atoms. The summed E-state index contributed by atoms with van der Waals surface area (Å²) in [6, 6.07) is 5.93. The summed E-state index contributed by atoms with van der Waals surface area (Å²) in [6.07, 6.45) is 3.66. The first-order valence-electron chi connectivity index (χ1n) is 7.14. The number of hydrogen-bond donors (Lipinski definition) is 2. The first-order chi connectivity index (χ1) is 10.1. The van der Waals surface area contributed by atoms with Crippen LogP contribution in [-0.4, -0.2) is 19.1 Å². The average Bonchev–Trinajstić information content (AvgIpc) is 2.49. The van der Waals surface area contributed by atoms with E-state index < -0.39 is 6.61 Å². The minimum Gasteiger partial charge on any atom is -0.435 e. The molecular weight excluding hydrogens is 278 g/mol. The highest BCUT2D eigenvalue weighted by molar-refractivity contribution is 5.92. The predicted octanol–water partition coefficient (Wildman–Crippen LogP) is 2.99. The zero-order valence-corrected chi connectivity index (χ0v) is 11.7. The topological polar surface area (TPSA) is 64.4 Å². The smallest absolute Gasteiger partial charge is 0.387 e. The van der Waals surface area contributed by atoms with Gasteiger partial charge < -0.3 is 15.8 Å². The van der Waals surface area contributed by atoms with Gasteiger partial charge in [-0.2, -0.15) is 8.78 Å². The zero-order valence-electron chi connectivity index (χ0n) is 11.7. The van der Waals surface area contributed by atoms with Gasteiger partial charge in [0.1, 0.15) is 5.75 Å². The Morgan fingerprint density at radius 2 is 1.86 bits per heavy atom. The van der Waals surface area contributed by atoms with Crippen molar-refractivity contribution >= 4 is 11.6 Å². The van der Waals surface area contributed by atoms with Crippen LogP contribution in [0.15, 0.2) is 24.3 Å². The standard InChI is InChI=1S/C15H20F2N2O2/c16-15(17)21-13-7-5-12(6-8-13)19-14(20)11-3-1-10(9-18)2-4-11/h5-8,10-11,15H,1-4,9,18H2,(H,19,20). The van der Waals surface area contributed by atoms with Gasteiger partial charge in [-0.1, -0.05) is 0 Å². The third kappa shape index (κ3) is 4.67. The molecule has 3 N–H and O–H groups in total. The SMILES string of the molecule is NCC1CCC(C(=O)Nc2ccc(OC(F)F)cc2)CC1. The molecule has 1 aliphatic rings. The molecule has 0 heterocycles. The van der Waals surface area contributed by atoms with Gasteiger partial charge in [0.05, 0.1) is 0 Å². The van der Waals surface area contributed by atoms with E-state index >= 15 is 0 Å². The summed E-state index contributed by atoms with van der Waals surface area (Å²) in [6.45, 7) is -2.16. The largest absolute Gasteiger partial charge is 0.435 e. The predicted molar refractivity (Wildman–Crippen MR) is 76.2 cm³/mol. The molecule has 0 unspecified atom stereocenters. The Hall–Kier alpha value is -1.69. The van der Waals surface area contributed by atoms with E-state index in [1.54, 1.807) is 12.1 Å². The molecule has 0 aliphatic heterocycles. The number of carbonyl (C=O) groups is 1. The van der Waals surface area contributed by atoms with Gasteiger partial charge in [-0.3, -0.25) is 4.79 Å². The number of alkyl halides is 2. The van der Waals surface area contributed by atoms with Crippen molar-refractivity contribution in [3.63, 3.8) is 0 Å². The van der Waals surface area contributed by atoms with Crippen molar-refractivity contribution in [2.45, 2.75) is 32.3 Å². The molecule has 0 atom stereocenters. The van der Waals surface area contributed by atoms with E-state index in [0.717, 1.165) is 25.7 Å². The van der Waals surface area contributed by atoms with Gasteiger partial charge in [0.25, 0.3) is 0 Å². The Balaban J connectivity index is 1.85. The Morgan fingerprint density at radius 1 is 1.24 bits per heavy atom. The van der Waals surface area contributed by atoms with Crippen molar-refractivity contribution in [1.29, 1.82) is 0 Å². The maximum atomic E-state index is 12.1. The summed E-state index contributed by atoms with van der Waals surface area (Å²) in [7, 11) is 0. The van der Waals surface area contributed by atoms with Crippen molar-refractivity contribution < 1.29 is 18.3 Å². The molecule has 1 aromatic carbocycles. The van der Waals surface area contributed by atoms with Crippen molar-refractivity contribution in [1.82, 2.24) is 0 Å². The lowest BCUT2D eigenvalue weighted by molar-refractivity contribution is -0.121. The average molecular weight is 298 g/mol. The summed E-state index contributed by atoms with van der Waals surface area (Å²) in [5, 5.41) is 2.81. The van der Waals surface area contributed by atoms with E-state index in [0.29, 0.717) is 18.2 Å². The molecule has 1 fully saturated rings. The number of carbonyl (C=O) groups excluding carboxylic acids is 1. The second kappa shape index (κ2) is 7.36. The molecule has 0 radical (unpaired) electrons. The molecule has 6 heteroatoms. The fourth-order valence-electron chi connectivity index (χ4n) is 2.62. The van der Waals surface area contributed by atoms with Crippen LogP contribution in [0.5, 0.6) is 5.75 Å². The molecular formula is C15H20F2N2O2. The van der Waals surface area contributed by atoms with Crippen LogP contribution in [0.1, 0.15) is 25.7 Å². The van der Waals surface area contributed by atoms with E-state index in [9.17, 15) is 13.6 Å². The Labute approximate surface area is 122 Å². The molecule has 0 bridgehead atoms. The third-order valence-electron chi connectivity index (χ3n) is 3.90. The molecule has 2 rings (SSSR count). The van der Waals surface area contributed by atoms with Crippen molar-refractivity contribution in [2.24, 2.45) is 17.6 Å². The molecule has 1 saturated carbocycles. The molecule has 1 aromatic rings. The van der Waals surface area contributed by atoms with E-state index in [4.69, 9.17) is 5.73 Å². The monoisotopic (exact) mass is 298 g/mol. The van der Waals surface area contributed by atoms with Crippen LogP contribution in [0.2, 0.25) is 0 Å². The van der Waals surface area contributed by atoms with Gasteiger partial charge >= 0.3 is 6.61 Å². The number of nitrogens with one attached hydrogen (secondary N) is 1. The van der Waals surface area contributed by atoms with Crippen LogP contribution in [0.25, 0.3) is 0 Å². The second-order valence-corrected chi connectivity index (χ2v) is 5.35. The summed E-state index contributed by atoms with van der Waals surface area (Å²) in [5.41, 5.74) is 6.22. The fourth-order valence-corrected chi connectivity index (χ4v) is 2.62. The van der Waals surface area contributed by atoms with E-state index in [2.05, 4.69) is 10.1 Å². The minimum absolute atomic E-state index is 0.00444. The van der Waals surface area contributed by atoms with Crippen molar-refractivity contribution in [2.75, 3.05) is 11.9 Å². The summed E-state index contributed by atoms with van der Waals surface area (Å²) >= 11 is 0. The maximum absolute atomic E-state index is 12.1. The van der Waals surface area contributed by atoms with E-state index in [1.807, 2.05) is 0 Å². The lowest BCUT2D eigenvalue weighted by atomic mass is 9.81. The fraction of sp³-hybridized carbons (Fsp3) is 0.533. The maximum Gasteiger partial charge on any atom is 0.387 e.